The quantitative estimate of drug-likeness (QED) is 0.223. The molecule has 13 heteroatoms. The first-order valence-corrected chi connectivity index (χ1v) is 15.7. The van der Waals surface area contributed by atoms with Gasteiger partial charge in [0.1, 0.15) is 40.8 Å². The third kappa shape index (κ3) is 7.20. The Hall–Kier alpha value is -5.17. The van der Waals surface area contributed by atoms with E-state index >= 15 is 0 Å². The summed E-state index contributed by atoms with van der Waals surface area (Å²) in [4.78, 5) is 58.6. The van der Waals surface area contributed by atoms with E-state index in [-0.39, 0.29) is 25.9 Å². The topological polar surface area (TPSA) is 182 Å². The highest BCUT2D eigenvalue weighted by Gasteiger charge is 2.61. The number of methoxy groups -OCH3 is 1. The Morgan fingerprint density at radius 2 is 1.90 bits per heavy atom. The molecule has 0 bridgehead atoms. The van der Waals surface area contributed by atoms with Gasteiger partial charge in [-0.15, -0.1) is 6.58 Å². The summed E-state index contributed by atoms with van der Waals surface area (Å²) in [7, 11) is 1.56. The minimum atomic E-state index is -1.51. The second-order valence-electron chi connectivity index (χ2n) is 13.0. The van der Waals surface area contributed by atoms with Crippen LogP contribution in [0.25, 0.3) is 22.2 Å². The van der Waals surface area contributed by atoms with Crippen LogP contribution in [0.5, 0.6) is 11.5 Å². The van der Waals surface area contributed by atoms with Gasteiger partial charge in [0.05, 0.1) is 24.9 Å². The molecule has 1 aliphatic carbocycles. The van der Waals surface area contributed by atoms with Gasteiger partial charge in [0, 0.05) is 42.0 Å². The molecule has 254 valence electrons. The van der Waals surface area contributed by atoms with E-state index in [1.165, 1.54) is 11.0 Å². The summed E-state index contributed by atoms with van der Waals surface area (Å²) >= 11 is 0. The number of carboxylic acids is 1. The highest BCUT2D eigenvalue weighted by atomic mass is 16.6. The van der Waals surface area contributed by atoms with Crippen LogP contribution < -0.4 is 25.8 Å². The molecular formula is C35H41N5O8. The predicted octanol–water partition coefficient (Wildman–Crippen LogP) is 3.26. The number of alkyl carbamates (subject to hydrolysis) is 1. The van der Waals surface area contributed by atoms with E-state index in [0.29, 0.717) is 28.1 Å². The number of nitrogens with one attached hydrogen (secondary N) is 2. The molecule has 2 heterocycles. The van der Waals surface area contributed by atoms with Crippen LogP contribution in [0, 0.1) is 5.92 Å². The van der Waals surface area contributed by atoms with Gasteiger partial charge >= 0.3 is 12.1 Å². The monoisotopic (exact) mass is 659 g/mol. The number of ether oxygens (including phenoxy) is 3. The number of pyridine rings is 1. The van der Waals surface area contributed by atoms with Crippen LogP contribution >= 0.6 is 0 Å². The SMILES string of the molecule is C=C[C@@H]1C[C@]1(NC(=O)[C@@H]1CC(Oc2cc(-c3ccccc3)nc3cc(OC)ccc23)CN1C(=O)[C@H](CN)NC(=O)OC(C)(C)C)C(=O)O. The molecule has 0 radical (unpaired) electrons. The molecule has 0 spiro atoms. The molecule has 1 saturated carbocycles. The highest BCUT2D eigenvalue weighted by molar-refractivity contribution is 5.96. The number of carboxylic acid groups (broad SMARTS) is 1. The van der Waals surface area contributed by atoms with Gasteiger partial charge in [0.15, 0.2) is 0 Å². The average Bonchev–Trinajstić information content (AvgIpc) is 3.62. The Kier molecular flexibility index (Phi) is 9.62. The summed E-state index contributed by atoms with van der Waals surface area (Å²) in [6.07, 6.45) is 0.162. The fourth-order valence-electron chi connectivity index (χ4n) is 5.90. The third-order valence-electron chi connectivity index (χ3n) is 8.44. The average molecular weight is 660 g/mol. The number of aromatic nitrogens is 1. The van der Waals surface area contributed by atoms with Crippen LogP contribution in [-0.4, -0.2) is 88.4 Å². The lowest BCUT2D eigenvalue weighted by Crippen LogP contribution is -2.58. The minimum Gasteiger partial charge on any atom is -0.497 e. The minimum absolute atomic E-state index is 0.0381. The van der Waals surface area contributed by atoms with E-state index in [9.17, 15) is 24.3 Å². The van der Waals surface area contributed by atoms with Crippen molar-refractivity contribution in [1.82, 2.24) is 20.5 Å². The lowest BCUT2D eigenvalue weighted by Gasteiger charge is -2.29. The van der Waals surface area contributed by atoms with E-state index in [4.69, 9.17) is 24.9 Å². The van der Waals surface area contributed by atoms with Crippen LogP contribution in [0.15, 0.2) is 67.3 Å². The van der Waals surface area contributed by atoms with Crippen LogP contribution in [0.4, 0.5) is 4.79 Å². The number of hydrogen-bond donors (Lipinski definition) is 4. The number of carbonyl (C=O) groups is 4. The van der Waals surface area contributed by atoms with Crippen molar-refractivity contribution in [3.63, 3.8) is 0 Å². The fourth-order valence-corrected chi connectivity index (χ4v) is 5.90. The molecule has 5 atom stereocenters. The summed E-state index contributed by atoms with van der Waals surface area (Å²) in [6.45, 7) is 8.41. The molecule has 1 aliphatic heterocycles. The Balaban J connectivity index is 1.47. The van der Waals surface area contributed by atoms with Gasteiger partial charge in [0.2, 0.25) is 11.8 Å². The maximum absolute atomic E-state index is 13.9. The fraction of sp³-hybridized carbons (Fsp3) is 0.400. The zero-order valence-corrected chi connectivity index (χ0v) is 27.4. The molecular weight excluding hydrogens is 618 g/mol. The highest BCUT2D eigenvalue weighted by Crippen LogP contribution is 2.45. The maximum atomic E-state index is 13.9. The lowest BCUT2D eigenvalue weighted by atomic mass is 10.1. The number of fused-ring (bicyclic) bond motifs is 1. The Bertz CT molecular complexity index is 1730. The standard InChI is InChI=1S/C35H41N5O8/c1-6-21-17-35(21,32(43)44)39-30(41)28-15-23(19-40(28)31(42)27(18-36)38-33(45)48-34(2,3)4)47-29-16-25(20-10-8-7-9-11-20)37-26-14-22(46-5)12-13-24(26)29/h6-14,16,21,23,27-28H,1,15,17-19,36H2,2-5H3,(H,38,45)(H,39,41)(H,43,44)/t21-,23?,27+,28+,35-/m1/s1. The van der Waals surface area contributed by atoms with Gasteiger partial charge in [-0.1, -0.05) is 36.4 Å². The van der Waals surface area contributed by atoms with Crippen molar-refractivity contribution in [2.24, 2.45) is 11.7 Å². The number of rotatable bonds is 11. The van der Waals surface area contributed by atoms with Gasteiger partial charge in [0.25, 0.3) is 0 Å². The number of aliphatic carboxylic acids is 1. The smallest absolute Gasteiger partial charge is 0.408 e. The van der Waals surface area contributed by atoms with E-state index in [1.54, 1.807) is 46.1 Å². The van der Waals surface area contributed by atoms with Gasteiger partial charge in [-0.05, 0) is 39.3 Å². The van der Waals surface area contributed by atoms with Crippen molar-refractivity contribution in [1.29, 1.82) is 0 Å². The molecule has 1 aromatic heterocycles. The second-order valence-corrected chi connectivity index (χ2v) is 13.0. The van der Waals surface area contributed by atoms with Crippen LogP contribution in [0.1, 0.15) is 33.6 Å². The molecule has 1 saturated heterocycles. The zero-order valence-electron chi connectivity index (χ0n) is 27.4. The maximum Gasteiger partial charge on any atom is 0.408 e. The number of hydrogen-bond acceptors (Lipinski definition) is 9. The Morgan fingerprint density at radius 3 is 2.50 bits per heavy atom. The predicted molar refractivity (Wildman–Crippen MR) is 177 cm³/mol. The third-order valence-corrected chi connectivity index (χ3v) is 8.44. The van der Waals surface area contributed by atoms with E-state index in [2.05, 4.69) is 17.2 Å². The van der Waals surface area contributed by atoms with Crippen molar-refractivity contribution in [2.75, 3.05) is 20.2 Å². The second kappa shape index (κ2) is 13.5. The van der Waals surface area contributed by atoms with Crippen molar-refractivity contribution in [3.05, 3.63) is 67.3 Å². The summed E-state index contributed by atoms with van der Waals surface area (Å²) in [5.74, 6) is -1.87. The number of likely N-dealkylation sites (tertiary alicyclic amines) is 1. The number of nitrogens with zero attached hydrogens (tertiary/aromatic N) is 2. The molecule has 2 aliphatic rings. The summed E-state index contributed by atoms with van der Waals surface area (Å²) < 4.78 is 17.3. The number of benzene rings is 2. The largest absolute Gasteiger partial charge is 0.497 e. The Morgan fingerprint density at radius 1 is 1.17 bits per heavy atom. The molecule has 48 heavy (non-hydrogen) atoms. The molecule has 13 nitrogen and oxygen atoms in total. The number of carbonyl (C=O) groups excluding carboxylic acids is 3. The van der Waals surface area contributed by atoms with Gasteiger partial charge in [-0.2, -0.15) is 0 Å². The molecule has 1 unspecified atom stereocenters. The zero-order chi connectivity index (χ0) is 34.8. The van der Waals surface area contributed by atoms with Crippen molar-refractivity contribution >= 4 is 34.8 Å². The number of amides is 3. The molecule has 3 aromatic rings. The normalized spacial score (nSPS) is 22.4. The first-order chi connectivity index (χ1) is 22.8. The van der Waals surface area contributed by atoms with E-state index in [1.807, 2.05) is 36.4 Å². The van der Waals surface area contributed by atoms with Gasteiger partial charge in [-0.3, -0.25) is 9.59 Å². The molecule has 5 rings (SSSR count). The van der Waals surface area contributed by atoms with Crippen LogP contribution in [0.3, 0.4) is 0 Å². The first kappa shape index (κ1) is 34.2. The van der Waals surface area contributed by atoms with Crippen LogP contribution in [-0.2, 0) is 19.1 Å². The van der Waals surface area contributed by atoms with Crippen LogP contribution in [0.2, 0.25) is 0 Å². The molecule has 2 aromatic carbocycles. The summed E-state index contributed by atoms with van der Waals surface area (Å²) in [5, 5.41) is 15.8. The summed E-state index contributed by atoms with van der Waals surface area (Å²) in [6, 6.07) is 14.4. The number of nitrogens with two attached hydrogens (primary N) is 1. The van der Waals surface area contributed by atoms with Gasteiger partial charge in [-0.25, -0.2) is 14.6 Å². The van der Waals surface area contributed by atoms with E-state index < -0.39 is 59.1 Å². The lowest BCUT2D eigenvalue weighted by molar-refractivity contribution is -0.145. The summed E-state index contributed by atoms with van der Waals surface area (Å²) in [5.41, 5.74) is 5.69. The molecule has 3 amide bonds. The van der Waals surface area contributed by atoms with Crippen molar-refractivity contribution < 1.29 is 38.5 Å². The molecule has 5 N–H and O–H groups in total. The van der Waals surface area contributed by atoms with Gasteiger partial charge < -0.3 is 40.6 Å². The Labute approximate surface area is 278 Å². The van der Waals surface area contributed by atoms with E-state index in [0.717, 1.165) is 5.56 Å². The van der Waals surface area contributed by atoms with Crippen molar-refractivity contribution in [2.45, 2.75) is 62.9 Å². The first-order valence-electron chi connectivity index (χ1n) is 15.7. The van der Waals surface area contributed by atoms with Crippen molar-refractivity contribution in [3.8, 4) is 22.8 Å². The molecule has 2 fully saturated rings.